The van der Waals surface area contributed by atoms with E-state index < -0.39 is 261 Å². The van der Waals surface area contributed by atoms with Crippen molar-refractivity contribution < 1.29 is 107 Å². The van der Waals surface area contributed by atoms with Crippen molar-refractivity contribution in [3.05, 3.63) is 69.3 Å². The highest BCUT2D eigenvalue weighted by molar-refractivity contribution is 14.1. The number of nitrogens with two attached hydrogens (primary N) is 2. The van der Waals surface area contributed by atoms with Gasteiger partial charge in [-0.05, 0) is 116 Å². The summed E-state index contributed by atoms with van der Waals surface area (Å²) in [7, 11) is 1.48. The fourth-order valence-electron chi connectivity index (χ4n) is 13.2. The summed E-state index contributed by atoms with van der Waals surface area (Å²) < 4.78 is 0.736. The van der Waals surface area contributed by atoms with Crippen LogP contribution in [0.15, 0.2) is 54.6 Å². The van der Waals surface area contributed by atoms with Crippen LogP contribution in [0, 0.1) is 8.98 Å². The van der Waals surface area contributed by atoms with E-state index in [0.717, 1.165) is 39.9 Å². The van der Waals surface area contributed by atoms with Gasteiger partial charge in [0.25, 0.3) is 0 Å². The topological polar surface area (TPSA) is 618 Å². The number of amides is 15. The molecular formula is C69H93IN18O22S2. The van der Waals surface area contributed by atoms with Crippen LogP contribution in [0.25, 0.3) is 0 Å². The highest BCUT2D eigenvalue weighted by atomic mass is 127. The average Bonchev–Trinajstić information content (AvgIpc) is 1.63. The molecule has 112 heavy (non-hydrogen) atoms. The minimum absolute atomic E-state index is 0.00710. The van der Waals surface area contributed by atoms with E-state index in [-0.39, 0.29) is 90.4 Å². The van der Waals surface area contributed by atoms with Crippen LogP contribution in [0.3, 0.4) is 0 Å². The number of carboxylic acids is 3. The third-order valence-electron chi connectivity index (χ3n) is 18.9. The van der Waals surface area contributed by atoms with E-state index in [1.807, 2.05) is 22.6 Å². The lowest BCUT2D eigenvalue weighted by Gasteiger charge is -2.33. The van der Waals surface area contributed by atoms with Crippen LogP contribution >= 0.6 is 44.2 Å². The Kier molecular flexibility index (Phi) is 34.4. The molecule has 0 aliphatic carbocycles. The van der Waals surface area contributed by atoms with Gasteiger partial charge < -0.3 is 110 Å². The number of carbonyl (C=O) groups is 18. The van der Waals surface area contributed by atoms with Gasteiger partial charge in [0, 0.05) is 73.4 Å². The Hall–Kier alpha value is -10.4. The number of nitrogens with zero attached hydrogens (tertiary/aromatic N) is 3. The highest BCUT2D eigenvalue weighted by Gasteiger charge is 2.46. The molecule has 2 aromatic rings. The van der Waals surface area contributed by atoms with Crippen LogP contribution in [0.5, 0.6) is 0 Å². The lowest BCUT2D eigenvalue weighted by molar-refractivity contribution is -0.148. The van der Waals surface area contributed by atoms with Gasteiger partial charge in [0.2, 0.25) is 88.6 Å². The Balaban J connectivity index is 1.38. The molecule has 2 aromatic carbocycles. The van der Waals surface area contributed by atoms with Gasteiger partial charge in [-0.15, -0.1) is 0 Å². The predicted octanol–water partition coefficient (Wildman–Crippen LogP) is -5.85. The van der Waals surface area contributed by atoms with Crippen molar-refractivity contribution in [2.24, 2.45) is 11.5 Å². The Morgan fingerprint density at radius 3 is 1.44 bits per heavy atom. The Morgan fingerprint density at radius 2 is 0.893 bits per heavy atom. The van der Waals surface area contributed by atoms with Crippen LogP contribution in [-0.2, 0) is 99.1 Å². The fraction of sp³-hybridized carbons (Fsp3) is 0.551. The first kappa shape index (κ1) is 88.8. The average molecular weight is 1720 g/mol. The van der Waals surface area contributed by atoms with Gasteiger partial charge in [0.05, 0.1) is 19.6 Å². The lowest BCUT2D eigenvalue weighted by Crippen LogP contribution is -2.61. The zero-order valence-corrected chi connectivity index (χ0v) is 64.5. The molecule has 5 saturated heterocycles. The van der Waals surface area contributed by atoms with Crippen molar-refractivity contribution in [1.29, 1.82) is 5.41 Å². The molecule has 0 saturated carbocycles. The molecule has 21 N–H and O–H groups in total. The normalized spacial score (nSPS) is 26.4. The van der Waals surface area contributed by atoms with Crippen LogP contribution in [-0.4, -0.2) is 277 Å². The first-order valence-corrected chi connectivity index (χ1v) is 39.7. The molecule has 13 atom stereocenters. The van der Waals surface area contributed by atoms with E-state index in [2.05, 4.69) is 63.8 Å². The summed E-state index contributed by atoms with van der Waals surface area (Å²) in [6.45, 7) is -2.58. The Morgan fingerprint density at radius 1 is 0.464 bits per heavy atom. The number of carboxylic acid groups (broad SMARTS) is 3. The van der Waals surface area contributed by atoms with Crippen molar-refractivity contribution in [1.82, 2.24) is 78.5 Å². The summed E-state index contributed by atoms with van der Waals surface area (Å²) in [6.07, 6.45) is -5.71. The summed E-state index contributed by atoms with van der Waals surface area (Å²) >= 11 is 2.01. The maximum atomic E-state index is 15.3. The van der Waals surface area contributed by atoms with Gasteiger partial charge in [-0.1, -0.05) is 64.1 Å². The fourth-order valence-corrected chi connectivity index (χ4v) is 15.9. The monoisotopic (exact) mass is 1720 g/mol. The second-order valence-corrected chi connectivity index (χ2v) is 31.0. The Labute approximate surface area is 662 Å². The van der Waals surface area contributed by atoms with E-state index in [9.17, 15) is 87.5 Å². The molecule has 0 unspecified atom stereocenters. The first-order valence-electron chi connectivity index (χ1n) is 36.2. The SMILES string of the molecule is N=C(N)NCCC[C@@H]1NC(=O)CNC(=O)[C@H](CC(=O)O)NC(=O)[C@@H]2CCCN2C(=O)[C@H](Cc2ccccc2)NC(=O)[C@@H]2CSSC[C@H](NC1=O)C(=O)N[C@@H](CCC(N)=O)C(=O)N[C@@H](Cc1ccc(I)cc1)C(=O)N[C@@H](CO)C(=O)N[C@@H](CCC(=O)O)C(=O)N1CCC[C@H]1C(=O)N1CCC[C@H]1C(=O)N[C@@H](CCC(=O)O)C(=O)N2. The first-order chi connectivity index (χ1) is 53.3. The standard InChI is InChI=1S/C69H93IN18O22S2/c70-37-16-14-36(15-17-37)28-42-60(102)83-45(32-89)61(103)79-41(20-23-54(94)95)66(108)88-27-7-13-50(88)68(110)87-26-6-12-49(87)64(106)78-40(19-22-53(92)93)59(101)85-47-34-112-111-33-46(62(104)77-39(58(100)80-42)18-21-51(71)90)84-57(99)38(10-4-24-74-69(72)73)76-52(91)31-75-56(98)43(30-55(96)97)81-65(107)48-11-5-25-86(48)67(109)44(82-63(47)105)29-35-8-2-1-3-9-35/h1-3,8-9,14-17,38-50,89H,4-7,10-13,18-34H2,(H2,71,90)(H,75,98)(H,76,91)(H,77,104)(H,78,106)(H,79,103)(H,80,100)(H,81,107)(H,82,105)(H,83,102)(H,84,99)(H,85,101)(H,92,93)(H,94,95)(H,96,97)(H4,72,73,74)/t38-,39-,40-,41-,42-,43-,44-,45-,46-,47-,48-,49-,50-/m0/s1. The third kappa shape index (κ3) is 26.9. The van der Waals surface area contributed by atoms with Gasteiger partial charge in [0.15, 0.2) is 5.96 Å². The molecule has 43 heteroatoms. The zero-order valence-electron chi connectivity index (χ0n) is 60.7. The lowest BCUT2D eigenvalue weighted by atomic mass is 10.0. The molecule has 0 spiro atoms. The molecule has 5 heterocycles. The van der Waals surface area contributed by atoms with E-state index in [4.69, 9.17) is 16.9 Å². The second kappa shape index (κ2) is 43.4. The van der Waals surface area contributed by atoms with Crippen LogP contribution in [0.2, 0.25) is 0 Å². The molecule has 5 aliphatic rings. The number of aliphatic hydroxyl groups is 1. The van der Waals surface area contributed by atoms with E-state index in [0.29, 0.717) is 11.1 Å². The minimum Gasteiger partial charge on any atom is -0.481 e. The van der Waals surface area contributed by atoms with Gasteiger partial charge >= 0.3 is 17.9 Å². The van der Waals surface area contributed by atoms with Gasteiger partial charge in [-0.2, -0.15) is 0 Å². The molecule has 0 aromatic heterocycles. The second-order valence-electron chi connectivity index (χ2n) is 27.2. The number of guanidine groups is 1. The summed E-state index contributed by atoms with van der Waals surface area (Å²) in [6, 6.07) is -7.61. The number of halogens is 1. The van der Waals surface area contributed by atoms with Gasteiger partial charge in [0.1, 0.15) is 78.5 Å². The summed E-state index contributed by atoms with van der Waals surface area (Å²) in [5.41, 5.74) is 11.9. The molecule has 40 nitrogen and oxygen atoms in total. The van der Waals surface area contributed by atoms with Crippen molar-refractivity contribution in [2.45, 2.75) is 188 Å². The number of rotatable bonds is 20. The van der Waals surface area contributed by atoms with Crippen molar-refractivity contribution >= 4 is 157 Å². The molecule has 2 bridgehead atoms. The van der Waals surface area contributed by atoms with E-state index in [1.54, 1.807) is 54.6 Å². The maximum absolute atomic E-state index is 15.3. The minimum atomic E-state index is -1.96. The summed E-state index contributed by atoms with van der Waals surface area (Å²) in [5.74, 6) is -22.4. The maximum Gasteiger partial charge on any atom is 0.305 e. The van der Waals surface area contributed by atoms with Crippen molar-refractivity contribution in [3.63, 3.8) is 0 Å². The number of hydrogen-bond acceptors (Lipinski definition) is 22. The quantitative estimate of drug-likeness (QED) is 0.0193. The number of nitrogens with one attached hydrogen (secondary N) is 13. The summed E-state index contributed by atoms with van der Waals surface area (Å²) in [5, 5.41) is 77.8. The Bertz CT molecular complexity index is 3850. The van der Waals surface area contributed by atoms with Crippen LogP contribution < -0.4 is 75.3 Å². The largest absolute Gasteiger partial charge is 0.481 e. The van der Waals surface area contributed by atoms with Gasteiger partial charge in [-0.3, -0.25) is 91.7 Å². The number of aliphatic carboxylic acids is 3. The number of fused-ring (bicyclic) bond motifs is 8. The zero-order chi connectivity index (χ0) is 81.9. The molecule has 5 fully saturated rings. The number of benzene rings is 2. The van der Waals surface area contributed by atoms with Gasteiger partial charge in [-0.25, -0.2) is 0 Å². The van der Waals surface area contributed by atoms with Crippen molar-refractivity contribution in [3.8, 4) is 0 Å². The number of primary amides is 1. The molecular weight excluding hydrogens is 1620 g/mol. The number of aliphatic hydroxyl groups excluding tert-OH is 1. The molecule has 610 valence electrons. The molecule has 0 radical (unpaired) electrons. The van der Waals surface area contributed by atoms with Crippen LogP contribution in [0.1, 0.15) is 107 Å². The van der Waals surface area contributed by atoms with Crippen molar-refractivity contribution in [2.75, 3.05) is 50.8 Å². The van der Waals surface area contributed by atoms with E-state index >= 15 is 19.2 Å². The predicted molar refractivity (Wildman–Crippen MR) is 405 cm³/mol. The summed E-state index contributed by atoms with van der Waals surface area (Å²) in [4.78, 5) is 259. The number of carbonyl (C=O) groups excluding carboxylic acids is 15. The smallest absolute Gasteiger partial charge is 0.305 e. The molecule has 7 rings (SSSR count). The highest BCUT2D eigenvalue weighted by Crippen LogP contribution is 2.29. The number of hydrogen-bond donors (Lipinski definition) is 19. The van der Waals surface area contributed by atoms with Crippen LogP contribution in [0.4, 0.5) is 0 Å². The third-order valence-corrected chi connectivity index (χ3v) is 22.1. The van der Waals surface area contributed by atoms with E-state index in [1.165, 1.54) is 0 Å². The molecule has 15 amide bonds. The molecule has 5 aliphatic heterocycles.